The molecule has 2 heterocycles. The summed E-state index contributed by atoms with van der Waals surface area (Å²) < 4.78 is 0. The molecular weight excluding hydrogens is 470 g/mol. The van der Waals surface area contributed by atoms with Crippen molar-refractivity contribution in [2.75, 3.05) is 0 Å². The number of nitrogens with one attached hydrogen (secondary N) is 1. The summed E-state index contributed by atoms with van der Waals surface area (Å²) in [5, 5.41) is 2.59. The van der Waals surface area contributed by atoms with Gasteiger partial charge in [-0.15, -0.1) is 11.3 Å². The molecule has 148 valence electrons. The molecule has 1 N–H and O–H groups in total. The van der Waals surface area contributed by atoms with Gasteiger partial charge in [0.25, 0.3) is 5.56 Å². The molecule has 0 bridgehead atoms. The lowest BCUT2D eigenvalue weighted by atomic mass is 10.0. The highest BCUT2D eigenvalue weighted by Gasteiger charge is 2.19. The first kappa shape index (κ1) is 20.7. The summed E-state index contributed by atoms with van der Waals surface area (Å²) in [5.41, 5.74) is 2.36. The fourth-order valence-electron chi connectivity index (χ4n) is 3.23. The summed E-state index contributed by atoms with van der Waals surface area (Å²) in [7, 11) is 0. The van der Waals surface area contributed by atoms with Crippen LogP contribution in [0, 0.1) is 0 Å². The average molecular weight is 484 g/mol. The first-order chi connectivity index (χ1) is 13.9. The van der Waals surface area contributed by atoms with Gasteiger partial charge in [0.1, 0.15) is 10.7 Å². The molecule has 0 radical (unpaired) electrons. The zero-order chi connectivity index (χ0) is 20.7. The van der Waals surface area contributed by atoms with Crippen molar-refractivity contribution in [2.45, 2.75) is 19.8 Å². The Bertz CT molecular complexity index is 1300. The van der Waals surface area contributed by atoms with E-state index in [1.54, 1.807) is 24.3 Å². The third-order valence-corrected chi connectivity index (χ3v) is 7.14. The molecule has 0 atom stereocenters. The van der Waals surface area contributed by atoms with Gasteiger partial charge in [0.15, 0.2) is 0 Å². The fraction of sp³-hybridized carbons (Fsp3) is 0.143. The first-order valence-electron chi connectivity index (χ1n) is 8.81. The van der Waals surface area contributed by atoms with Crippen LogP contribution in [0.2, 0.25) is 20.1 Å². The minimum absolute atomic E-state index is 0.188. The van der Waals surface area contributed by atoms with Crippen LogP contribution in [-0.2, 0) is 12.8 Å². The molecule has 0 saturated carbocycles. The first-order valence-corrected chi connectivity index (χ1v) is 11.1. The Hall–Kier alpha value is -1.56. The zero-order valence-electron chi connectivity index (χ0n) is 15.2. The van der Waals surface area contributed by atoms with E-state index in [0.29, 0.717) is 42.6 Å². The van der Waals surface area contributed by atoms with Crippen molar-refractivity contribution in [2.24, 2.45) is 0 Å². The molecule has 0 fully saturated rings. The van der Waals surface area contributed by atoms with E-state index >= 15 is 0 Å². The molecule has 4 aromatic rings. The van der Waals surface area contributed by atoms with Gasteiger partial charge in [0.2, 0.25) is 0 Å². The van der Waals surface area contributed by atoms with Crippen LogP contribution < -0.4 is 5.56 Å². The molecule has 2 aromatic carbocycles. The topological polar surface area (TPSA) is 45.8 Å². The molecule has 4 rings (SSSR count). The number of aromatic amines is 1. The summed E-state index contributed by atoms with van der Waals surface area (Å²) in [6, 6.07) is 10.7. The monoisotopic (exact) mass is 482 g/mol. The van der Waals surface area contributed by atoms with Crippen molar-refractivity contribution < 1.29 is 0 Å². The van der Waals surface area contributed by atoms with Crippen molar-refractivity contribution >= 4 is 68.0 Å². The number of aryl methyl sites for hydroxylation is 1. The standard InChI is InChI=1S/C21H14Cl4N2OS/c1-2-16-18(11-4-6-13(23)15(25)7-11)19-20(28)26-17(27-21(19)29-16)8-10-3-5-12(22)9-14(10)24/h3-7,9H,2,8H2,1H3,(H,26,27,28). The molecule has 29 heavy (non-hydrogen) atoms. The second-order valence-electron chi connectivity index (χ2n) is 6.49. The number of hydrogen-bond acceptors (Lipinski definition) is 3. The summed E-state index contributed by atoms with van der Waals surface area (Å²) in [6.07, 6.45) is 1.18. The smallest absolute Gasteiger partial charge is 0.260 e. The van der Waals surface area contributed by atoms with Crippen molar-refractivity contribution in [1.82, 2.24) is 9.97 Å². The van der Waals surface area contributed by atoms with E-state index in [-0.39, 0.29) is 5.56 Å². The Labute approximate surface area is 191 Å². The van der Waals surface area contributed by atoms with Crippen LogP contribution in [0.4, 0.5) is 0 Å². The molecule has 3 nitrogen and oxygen atoms in total. The molecule has 0 unspecified atom stereocenters. The normalized spacial score (nSPS) is 11.3. The second kappa shape index (κ2) is 8.29. The maximum atomic E-state index is 13.0. The lowest BCUT2D eigenvalue weighted by molar-refractivity contribution is 0.977. The van der Waals surface area contributed by atoms with E-state index < -0.39 is 0 Å². The van der Waals surface area contributed by atoms with E-state index in [2.05, 4.69) is 4.98 Å². The average Bonchev–Trinajstić information content (AvgIpc) is 3.05. The molecular formula is C21H14Cl4N2OS. The predicted molar refractivity (Wildman–Crippen MR) is 124 cm³/mol. The summed E-state index contributed by atoms with van der Waals surface area (Å²) in [6.45, 7) is 2.05. The summed E-state index contributed by atoms with van der Waals surface area (Å²) in [4.78, 5) is 22.4. The summed E-state index contributed by atoms with van der Waals surface area (Å²) in [5.74, 6) is 0.552. The number of thiophene rings is 1. The summed E-state index contributed by atoms with van der Waals surface area (Å²) >= 11 is 26.0. The fourth-order valence-corrected chi connectivity index (χ4v) is 5.16. The number of fused-ring (bicyclic) bond motifs is 1. The largest absolute Gasteiger partial charge is 0.310 e. The van der Waals surface area contributed by atoms with Crippen molar-refractivity contribution in [3.05, 3.63) is 83.1 Å². The van der Waals surface area contributed by atoms with Gasteiger partial charge in [-0.2, -0.15) is 0 Å². The third-order valence-electron chi connectivity index (χ3n) is 4.59. The van der Waals surface area contributed by atoms with Crippen LogP contribution in [0.15, 0.2) is 41.2 Å². The van der Waals surface area contributed by atoms with Crippen LogP contribution in [0.25, 0.3) is 21.3 Å². The molecule has 0 aliphatic rings. The van der Waals surface area contributed by atoms with E-state index in [4.69, 9.17) is 51.4 Å². The SMILES string of the molecule is CCc1sc2nc(Cc3ccc(Cl)cc3Cl)[nH]c(=O)c2c1-c1ccc(Cl)c(Cl)c1. The Kier molecular flexibility index (Phi) is 5.92. The van der Waals surface area contributed by atoms with Gasteiger partial charge in [0, 0.05) is 26.9 Å². The number of rotatable bonds is 4. The van der Waals surface area contributed by atoms with E-state index in [1.165, 1.54) is 11.3 Å². The minimum atomic E-state index is -0.188. The number of nitrogens with zero attached hydrogens (tertiary/aromatic N) is 1. The van der Waals surface area contributed by atoms with Crippen LogP contribution in [0.5, 0.6) is 0 Å². The predicted octanol–water partition coefficient (Wildman–Crippen LogP) is 7.42. The van der Waals surface area contributed by atoms with Crippen molar-refractivity contribution in [3.8, 4) is 11.1 Å². The maximum Gasteiger partial charge on any atom is 0.260 e. The number of aromatic nitrogens is 2. The lowest BCUT2D eigenvalue weighted by Crippen LogP contribution is -2.12. The minimum Gasteiger partial charge on any atom is -0.310 e. The van der Waals surface area contributed by atoms with Gasteiger partial charge < -0.3 is 4.98 Å². The van der Waals surface area contributed by atoms with E-state index in [0.717, 1.165) is 28.0 Å². The van der Waals surface area contributed by atoms with Gasteiger partial charge in [0.05, 0.1) is 15.4 Å². The van der Waals surface area contributed by atoms with Crippen LogP contribution in [-0.4, -0.2) is 9.97 Å². The number of H-pyrrole nitrogens is 1. The highest BCUT2D eigenvalue weighted by Crippen LogP contribution is 2.38. The highest BCUT2D eigenvalue weighted by atomic mass is 35.5. The molecule has 0 aliphatic heterocycles. The maximum absolute atomic E-state index is 13.0. The molecule has 2 aromatic heterocycles. The molecule has 0 saturated heterocycles. The lowest BCUT2D eigenvalue weighted by Gasteiger charge is -2.06. The van der Waals surface area contributed by atoms with Crippen LogP contribution >= 0.6 is 57.7 Å². The quantitative estimate of drug-likeness (QED) is 0.328. The molecule has 0 aliphatic carbocycles. The molecule has 0 spiro atoms. The van der Waals surface area contributed by atoms with Gasteiger partial charge >= 0.3 is 0 Å². The number of hydrogen-bond donors (Lipinski definition) is 1. The van der Waals surface area contributed by atoms with Crippen molar-refractivity contribution in [1.29, 1.82) is 0 Å². The Morgan fingerprint density at radius 3 is 2.48 bits per heavy atom. The van der Waals surface area contributed by atoms with Gasteiger partial charge in [-0.05, 0) is 41.8 Å². The van der Waals surface area contributed by atoms with Crippen LogP contribution in [0.3, 0.4) is 0 Å². The van der Waals surface area contributed by atoms with E-state index in [1.807, 2.05) is 19.1 Å². The Morgan fingerprint density at radius 1 is 1.00 bits per heavy atom. The Morgan fingerprint density at radius 2 is 1.79 bits per heavy atom. The zero-order valence-corrected chi connectivity index (χ0v) is 19.0. The molecule has 8 heteroatoms. The van der Waals surface area contributed by atoms with Crippen molar-refractivity contribution in [3.63, 3.8) is 0 Å². The molecule has 0 amide bonds. The second-order valence-corrected chi connectivity index (χ2v) is 9.23. The van der Waals surface area contributed by atoms with Crippen LogP contribution in [0.1, 0.15) is 23.2 Å². The van der Waals surface area contributed by atoms with Gasteiger partial charge in [-0.25, -0.2) is 4.98 Å². The van der Waals surface area contributed by atoms with E-state index in [9.17, 15) is 4.79 Å². The Balaban J connectivity index is 1.85. The highest BCUT2D eigenvalue weighted by molar-refractivity contribution is 7.19. The third kappa shape index (κ3) is 4.05. The van der Waals surface area contributed by atoms with Gasteiger partial charge in [-0.3, -0.25) is 4.79 Å². The number of halogens is 4. The van der Waals surface area contributed by atoms with Gasteiger partial charge in [-0.1, -0.05) is 65.5 Å². The number of benzene rings is 2.